The Morgan fingerprint density at radius 1 is 1.10 bits per heavy atom. The molecule has 0 spiro atoms. The van der Waals surface area contributed by atoms with Gasteiger partial charge in [0.25, 0.3) is 5.91 Å². The van der Waals surface area contributed by atoms with Crippen molar-refractivity contribution in [3.63, 3.8) is 0 Å². The Morgan fingerprint density at radius 2 is 1.75 bits per heavy atom. The maximum Gasteiger partial charge on any atom is 0.270 e. The standard InChI is InChI=1S/C15H16ClN3O/c1-10(2)18-15(20)14-8-7-13(9-17-14)19-12-5-3-11(16)4-6-12/h3-10,19H,1-2H3,(H,18,20). The first-order valence-corrected chi connectivity index (χ1v) is 6.72. The zero-order chi connectivity index (χ0) is 14.5. The molecule has 2 N–H and O–H groups in total. The summed E-state index contributed by atoms with van der Waals surface area (Å²) in [4.78, 5) is 15.9. The Kier molecular flexibility index (Phi) is 4.58. The summed E-state index contributed by atoms with van der Waals surface area (Å²) < 4.78 is 0. The van der Waals surface area contributed by atoms with Crippen LogP contribution in [0.25, 0.3) is 0 Å². The lowest BCUT2D eigenvalue weighted by Gasteiger charge is -2.09. The van der Waals surface area contributed by atoms with Crippen molar-refractivity contribution in [2.75, 3.05) is 5.32 Å². The van der Waals surface area contributed by atoms with E-state index in [1.54, 1.807) is 12.3 Å². The van der Waals surface area contributed by atoms with Crippen molar-refractivity contribution < 1.29 is 4.79 Å². The van der Waals surface area contributed by atoms with Gasteiger partial charge in [0, 0.05) is 16.8 Å². The van der Waals surface area contributed by atoms with Gasteiger partial charge in [-0.3, -0.25) is 4.79 Å². The molecule has 0 aliphatic heterocycles. The minimum atomic E-state index is -0.168. The third-order valence-electron chi connectivity index (χ3n) is 2.55. The number of carbonyl (C=O) groups excluding carboxylic acids is 1. The predicted molar refractivity (Wildman–Crippen MR) is 81.6 cm³/mol. The monoisotopic (exact) mass is 289 g/mol. The molecule has 1 aromatic heterocycles. The summed E-state index contributed by atoms with van der Waals surface area (Å²) in [5, 5.41) is 6.67. The van der Waals surface area contributed by atoms with Crippen molar-refractivity contribution in [1.29, 1.82) is 0 Å². The molecule has 0 aliphatic rings. The molecule has 1 aromatic carbocycles. The lowest BCUT2D eigenvalue weighted by atomic mass is 10.2. The molecular formula is C15H16ClN3O. The highest BCUT2D eigenvalue weighted by atomic mass is 35.5. The van der Waals surface area contributed by atoms with Crippen LogP contribution in [0.15, 0.2) is 42.6 Å². The number of hydrogen-bond donors (Lipinski definition) is 2. The molecule has 1 amide bonds. The van der Waals surface area contributed by atoms with Crippen LogP contribution in [0, 0.1) is 0 Å². The van der Waals surface area contributed by atoms with Gasteiger partial charge in [0.15, 0.2) is 0 Å². The fraction of sp³-hybridized carbons (Fsp3) is 0.200. The number of nitrogens with one attached hydrogen (secondary N) is 2. The van der Waals surface area contributed by atoms with Crippen molar-refractivity contribution in [3.05, 3.63) is 53.3 Å². The molecule has 1 heterocycles. The normalized spacial score (nSPS) is 10.4. The number of halogens is 1. The van der Waals surface area contributed by atoms with Gasteiger partial charge in [-0.15, -0.1) is 0 Å². The number of hydrogen-bond acceptors (Lipinski definition) is 3. The summed E-state index contributed by atoms with van der Waals surface area (Å²) in [6, 6.07) is 11.0. The van der Waals surface area contributed by atoms with Gasteiger partial charge in [-0.25, -0.2) is 4.98 Å². The molecule has 2 rings (SSSR count). The number of aromatic nitrogens is 1. The Balaban J connectivity index is 2.04. The molecule has 4 nitrogen and oxygen atoms in total. The van der Waals surface area contributed by atoms with Crippen molar-refractivity contribution >= 4 is 28.9 Å². The highest BCUT2D eigenvalue weighted by molar-refractivity contribution is 6.30. The molecule has 2 aromatic rings. The van der Waals surface area contributed by atoms with Crippen LogP contribution < -0.4 is 10.6 Å². The number of rotatable bonds is 4. The van der Waals surface area contributed by atoms with E-state index in [0.717, 1.165) is 11.4 Å². The average Bonchev–Trinajstić information content (AvgIpc) is 2.41. The number of carbonyl (C=O) groups is 1. The smallest absolute Gasteiger partial charge is 0.270 e. The van der Waals surface area contributed by atoms with Crippen LogP contribution in [-0.2, 0) is 0 Å². The van der Waals surface area contributed by atoms with Crippen LogP contribution in [-0.4, -0.2) is 16.9 Å². The molecule has 0 saturated carbocycles. The second kappa shape index (κ2) is 6.39. The fourth-order valence-electron chi connectivity index (χ4n) is 1.64. The predicted octanol–water partition coefficient (Wildman–Crippen LogP) is 3.62. The second-order valence-corrected chi connectivity index (χ2v) is 5.13. The molecule has 0 fully saturated rings. The summed E-state index contributed by atoms with van der Waals surface area (Å²) in [5.74, 6) is -0.168. The van der Waals surface area contributed by atoms with E-state index < -0.39 is 0 Å². The van der Waals surface area contributed by atoms with Gasteiger partial charge < -0.3 is 10.6 Å². The van der Waals surface area contributed by atoms with E-state index >= 15 is 0 Å². The zero-order valence-corrected chi connectivity index (χ0v) is 12.1. The van der Waals surface area contributed by atoms with E-state index in [9.17, 15) is 4.79 Å². The van der Waals surface area contributed by atoms with Crippen LogP contribution in [0.3, 0.4) is 0 Å². The van der Waals surface area contributed by atoms with E-state index in [4.69, 9.17) is 11.6 Å². The lowest BCUT2D eigenvalue weighted by Crippen LogP contribution is -2.30. The Labute approximate surface area is 123 Å². The molecule has 0 bridgehead atoms. The Hall–Kier alpha value is -2.07. The molecule has 20 heavy (non-hydrogen) atoms. The number of benzene rings is 1. The summed E-state index contributed by atoms with van der Waals surface area (Å²) in [7, 11) is 0. The SMILES string of the molecule is CC(C)NC(=O)c1ccc(Nc2ccc(Cl)cc2)cn1. The van der Waals surface area contributed by atoms with Crippen LogP contribution in [0.2, 0.25) is 5.02 Å². The van der Waals surface area contributed by atoms with Crippen molar-refractivity contribution in [1.82, 2.24) is 10.3 Å². The fourth-order valence-corrected chi connectivity index (χ4v) is 1.76. The van der Waals surface area contributed by atoms with E-state index in [0.29, 0.717) is 10.7 Å². The number of nitrogens with zero attached hydrogens (tertiary/aromatic N) is 1. The van der Waals surface area contributed by atoms with Gasteiger partial charge in [0.05, 0.1) is 11.9 Å². The molecule has 5 heteroatoms. The van der Waals surface area contributed by atoms with Crippen molar-refractivity contribution in [2.45, 2.75) is 19.9 Å². The van der Waals surface area contributed by atoms with Crippen LogP contribution >= 0.6 is 11.6 Å². The minimum absolute atomic E-state index is 0.0937. The van der Waals surface area contributed by atoms with Crippen molar-refractivity contribution in [2.24, 2.45) is 0 Å². The van der Waals surface area contributed by atoms with Gasteiger partial charge in [-0.2, -0.15) is 0 Å². The van der Waals surface area contributed by atoms with E-state index in [1.807, 2.05) is 44.2 Å². The van der Waals surface area contributed by atoms with E-state index in [-0.39, 0.29) is 11.9 Å². The summed E-state index contributed by atoms with van der Waals surface area (Å²) in [6.07, 6.45) is 1.63. The topological polar surface area (TPSA) is 54.0 Å². The molecule has 0 radical (unpaired) electrons. The van der Waals surface area contributed by atoms with Gasteiger partial charge in [-0.1, -0.05) is 11.6 Å². The maximum atomic E-state index is 11.8. The Morgan fingerprint density at radius 3 is 2.30 bits per heavy atom. The molecule has 0 unspecified atom stereocenters. The first-order chi connectivity index (χ1) is 9.54. The third kappa shape index (κ3) is 3.96. The highest BCUT2D eigenvalue weighted by Crippen LogP contribution is 2.18. The number of pyridine rings is 1. The van der Waals surface area contributed by atoms with E-state index in [2.05, 4.69) is 15.6 Å². The summed E-state index contributed by atoms with van der Waals surface area (Å²) in [5.41, 5.74) is 2.13. The number of anilines is 2. The van der Waals surface area contributed by atoms with Gasteiger partial charge >= 0.3 is 0 Å². The van der Waals surface area contributed by atoms with Crippen LogP contribution in [0.5, 0.6) is 0 Å². The first-order valence-electron chi connectivity index (χ1n) is 6.34. The van der Waals surface area contributed by atoms with Crippen LogP contribution in [0.4, 0.5) is 11.4 Å². The van der Waals surface area contributed by atoms with Gasteiger partial charge in [0.1, 0.15) is 5.69 Å². The zero-order valence-electron chi connectivity index (χ0n) is 11.4. The summed E-state index contributed by atoms with van der Waals surface area (Å²) >= 11 is 5.83. The van der Waals surface area contributed by atoms with Crippen LogP contribution in [0.1, 0.15) is 24.3 Å². The molecule has 0 aliphatic carbocycles. The molecule has 0 saturated heterocycles. The molecule has 0 atom stereocenters. The minimum Gasteiger partial charge on any atom is -0.354 e. The highest BCUT2D eigenvalue weighted by Gasteiger charge is 2.07. The molecular weight excluding hydrogens is 274 g/mol. The second-order valence-electron chi connectivity index (χ2n) is 4.69. The Bertz CT molecular complexity index is 579. The van der Waals surface area contributed by atoms with Crippen molar-refractivity contribution in [3.8, 4) is 0 Å². The van der Waals surface area contributed by atoms with Gasteiger partial charge in [-0.05, 0) is 50.2 Å². The molecule has 104 valence electrons. The first kappa shape index (κ1) is 14.3. The third-order valence-corrected chi connectivity index (χ3v) is 2.80. The largest absolute Gasteiger partial charge is 0.354 e. The number of amides is 1. The lowest BCUT2D eigenvalue weighted by molar-refractivity contribution is 0.0938. The quantitative estimate of drug-likeness (QED) is 0.904. The van der Waals surface area contributed by atoms with Gasteiger partial charge in [0.2, 0.25) is 0 Å². The van der Waals surface area contributed by atoms with E-state index in [1.165, 1.54) is 0 Å². The average molecular weight is 290 g/mol. The maximum absolute atomic E-state index is 11.8. The summed E-state index contributed by atoms with van der Waals surface area (Å²) in [6.45, 7) is 3.82.